The molecular formula is C41H78N4O4. The normalized spacial score (nSPS) is 36.1. The number of fused-ring (bicyclic) bond motifs is 5. The lowest BCUT2D eigenvalue weighted by Gasteiger charge is -2.65. The van der Waals surface area contributed by atoms with E-state index in [-0.39, 0.29) is 28.9 Å². The van der Waals surface area contributed by atoms with Gasteiger partial charge in [-0.3, -0.25) is 4.79 Å². The first-order valence-electron chi connectivity index (χ1n) is 21.0. The second-order valence-electron chi connectivity index (χ2n) is 17.1. The van der Waals surface area contributed by atoms with Crippen LogP contribution in [0.1, 0.15) is 143 Å². The number of nitrogens with two attached hydrogens (primary N) is 3. The molecule has 0 heterocycles. The highest BCUT2D eigenvalue weighted by molar-refractivity contribution is 5.75. The van der Waals surface area contributed by atoms with Gasteiger partial charge in [-0.15, -0.1) is 0 Å². The zero-order valence-corrected chi connectivity index (χ0v) is 32.2. The summed E-state index contributed by atoms with van der Waals surface area (Å²) in [5.41, 5.74) is 18.1. The van der Waals surface area contributed by atoms with Crippen LogP contribution >= 0.6 is 0 Å². The first kappa shape index (κ1) is 41.0. The fourth-order valence-electron chi connectivity index (χ4n) is 11.4. The minimum Gasteiger partial charge on any atom is -0.378 e. The number of nitrogens with one attached hydrogen (secondary N) is 1. The number of rotatable bonds is 23. The summed E-state index contributed by atoms with van der Waals surface area (Å²) in [4.78, 5) is 12.9. The zero-order chi connectivity index (χ0) is 35.3. The maximum absolute atomic E-state index is 12.9. The number of carbonyl (C=O) groups is 1. The summed E-state index contributed by atoms with van der Waals surface area (Å²) in [5.74, 6) is 3.48. The van der Waals surface area contributed by atoms with Crippen molar-refractivity contribution in [3.05, 3.63) is 0 Å². The molecule has 0 bridgehead atoms. The molecule has 4 rings (SSSR count). The first-order chi connectivity index (χ1) is 23.7. The van der Waals surface area contributed by atoms with E-state index in [0.717, 1.165) is 84.2 Å². The van der Waals surface area contributed by atoms with E-state index in [1.54, 1.807) is 0 Å². The van der Waals surface area contributed by atoms with Crippen LogP contribution in [0, 0.1) is 46.3 Å². The van der Waals surface area contributed by atoms with Crippen molar-refractivity contribution in [1.29, 1.82) is 0 Å². The Morgan fingerprint density at radius 2 is 1.47 bits per heavy atom. The molecule has 4 fully saturated rings. The van der Waals surface area contributed by atoms with Gasteiger partial charge in [-0.2, -0.15) is 0 Å². The first-order valence-corrected chi connectivity index (χ1v) is 21.0. The van der Waals surface area contributed by atoms with E-state index in [4.69, 9.17) is 31.4 Å². The molecule has 4 aliphatic rings. The third-order valence-corrected chi connectivity index (χ3v) is 14.2. The van der Waals surface area contributed by atoms with Crippen LogP contribution in [0.4, 0.5) is 0 Å². The van der Waals surface area contributed by atoms with Crippen molar-refractivity contribution in [3.63, 3.8) is 0 Å². The van der Waals surface area contributed by atoms with Crippen molar-refractivity contribution < 1.29 is 19.0 Å². The predicted molar refractivity (Wildman–Crippen MR) is 201 cm³/mol. The molecule has 4 saturated carbocycles. The minimum atomic E-state index is 0.0609. The summed E-state index contributed by atoms with van der Waals surface area (Å²) >= 11 is 0. The Morgan fingerprint density at radius 1 is 0.796 bits per heavy atom. The molecule has 0 aromatic rings. The molecule has 8 heteroatoms. The van der Waals surface area contributed by atoms with Crippen LogP contribution < -0.4 is 22.5 Å². The zero-order valence-electron chi connectivity index (χ0n) is 32.2. The highest BCUT2D eigenvalue weighted by Crippen LogP contribution is 2.69. The Balaban J connectivity index is 1.49. The molecule has 0 radical (unpaired) electrons. The number of carbonyl (C=O) groups excluding carboxylic acids is 1. The van der Waals surface area contributed by atoms with E-state index in [2.05, 4.69) is 33.0 Å². The van der Waals surface area contributed by atoms with Gasteiger partial charge in [0.25, 0.3) is 0 Å². The van der Waals surface area contributed by atoms with Crippen LogP contribution in [0.25, 0.3) is 0 Å². The molecular weight excluding hydrogens is 612 g/mol. The average molecular weight is 691 g/mol. The lowest BCUT2D eigenvalue weighted by molar-refractivity contribution is -0.227. The Kier molecular flexibility index (Phi) is 17.1. The molecule has 0 aromatic carbocycles. The number of unbranched alkanes of at least 4 members (excludes halogenated alkanes) is 5. The van der Waals surface area contributed by atoms with Crippen LogP contribution in [0.3, 0.4) is 0 Å². The van der Waals surface area contributed by atoms with Crippen LogP contribution in [0.15, 0.2) is 0 Å². The lowest BCUT2D eigenvalue weighted by atomic mass is 9.43. The Bertz CT molecular complexity index is 954. The molecule has 0 aromatic heterocycles. The molecule has 7 N–H and O–H groups in total. The number of hydrogen-bond donors (Lipinski definition) is 4. The summed E-state index contributed by atoms with van der Waals surface area (Å²) in [6.45, 7) is 14.9. The molecule has 0 spiro atoms. The van der Waals surface area contributed by atoms with E-state index in [1.807, 2.05) is 0 Å². The van der Waals surface area contributed by atoms with Gasteiger partial charge in [0.2, 0.25) is 5.91 Å². The molecule has 0 saturated heterocycles. The second-order valence-corrected chi connectivity index (χ2v) is 17.1. The van der Waals surface area contributed by atoms with Gasteiger partial charge in [-0.1, -0.05) is 59.8 Å². The quantitative estimate of drug-likeness (QED) is 0.0852. The Morgan fingerprint density at radius 3 is 2.18 bits per heavy atom. The Hall–Kier alpha value is -0.770. The van der Waals surface area contributed by atoms with Crippen molar-refractivity contribution in [2.75, 3.05) is 46.0 Å². The van der Waals surface area contributed by atoms with Gasteiger partial charge < -0.3 is 36.7 Å². The molecule has 8 nitrogen and oxygen atoms in total. The van der Waals surface area contributed by atoms with Gasteiger partial charge in [0.05, 0.1) is 18.3 Å². The summed E-state index contributed by atoms with van der Waals surface area (Å²) in [5, 5.41) is 3.23. The van der Waals surface area contributed by atoms with Crippen LogP contribution in [-0.4, -0.2) is 70.2 Å². The van der Waals surface area contributed by atoms with E-state index in [9.17, 15) is 4.79 Å². The third kappa shape index (κ3) is 10.2. The van der Waals surface area contributed by atoms with E-state index in [0.29, 0.717) is 67.7 Å². The van der Waals surface area contributed by atoms with Gasteiger partial charge >= 0.3 is 0 Å². The largest absolute Gasteiger partial charge is 0.378 e. The third-order valence-electron chi connectivity index (χ3n) is 14.2. The van der Waals surface area contributed by atoms with Gasteiger partial charge in [0.15, 0.2) is 0 Å². The van der Waals surface area contributed by atoms with Crippen LogP contribution in [0.2, 0.25) is 0 Å². The smallest absolute Gasteiger partial charge is 0.220 e. The maximum atomic E-state index is 12.9. The molecule has 0 aliphatic heterocycles. The average Bonchev–Trinajstić information content (AvgIpc) is 3.45. The molecule has 4 unspecified atom stereocenters. The fourth-order valence-corrected chi connectivity index (χ4v) is 11.4. The highest BCUT2D eigenvalue weighted by Gasteiger charge is 2.66. The fraction of sp³-hybridized carbons (Fsp3) is 0.976. The van der Waals surface area contributed by atoms with Crippen LogP contribution in [-0.2, 0) is 19.0 Å². The molecule has 1 amide bonds. The number of hydrogen-bond acceptors (Lipinski definition) is 7. The molecule has 4 aliphatic carbocycles. The van der Waals surface area contributed by atoms with E-state index in [1.165, 1.54) is 51.4 Å². The van der Waals surface area contributed by atoms with Gasteiger partial charge in [-0.25, -0.2) is 0 Å². The maximum Gasteiger partial charge on any atom is 0.220 e. The Labute approximate surface area is 300 Å². The molecule has 49 heavy (non-hydrogen) atoms. The van der Waals surface area contributed by atoms with E-state index >= 15 is 0 Å². The number of amides is 1. The predicted octanol–water partition coefficient (Wildman–Crippen LogP) is 6.96. The van der Waals surface area contributed by atoms with Crippen molar-refractivity contribution in [1.82, 2.24) is 5.32 Å². The number of ether oxygens (including phenoxy) is 3. The second kappa shape index (κ2) is 20.5. The lowest BCUT2D eigenvalue weighted by Crippen LogP contribution is -2.63. The molecule has 286 valence electrons. The SMILES string of the molecule is CCCCCCCCNC(=O)CCC(C)[C@H]1CC[C@H]2C3[C@H](OCCCN)CC4C[C@H](OCCCN)CC[C@]4(C)[C@H]3C[C@H](OCCCN)C12C. The summed E-state index contributed by atoms with van der Waals surface area (Å²) in [6, 6.07) is 0. The minimum absolute atomic E-state index is 0.0609. The van der Waals surface area contributed by atoms with E-state index < -0.39 is 0 Å². The highest BCUT2D eigenvalue weighted by atomic mass is 16.5. The standard InChI is InChI=1S/C41H78N4O4/c1-5-6-7-8-9-10-23-45-38(46)17-14-30(2)33-15-16-34-39-35(29-37(41(33,34)4)49-26-13-22-44)40(3)19-18-32(47-24-11-20-42)27-31(40)28-36(39)48-25-12-21-43/h30-37,39H,5-29,42-44H2,1-4H3,(H,45,46)/t30?,31?,32-,33-,34+,35+,36-,37+,39?,40+,41?/m1/s1. The topological polar surface area (TPSA) is 135 Å². The van der Waals surface area contributed by atoms with Gasteiger partial charge in [0, 0.05) is 38.2 Å². The van der Waals surface area contributed by atoms with Gasteiger partial charge in [0.1, 0.15) is 0 Å². The van der Waals surface area contributed by atoms with Crippen LogP contribution in [0.5, 0.6) is 0 Å². The van der Waals surface area contributed by atoms with Crippen molar-refractivity contribution in [2.45, 2.75) is 162 Å². The van der Waals surface area contributed by atoms with Gasteiger partial charge in [-0.05, 0) is 138 Å². The summed E-state index contributed by atoms with van der Waals surface area (Å²) in [7, 11) is 0. The van der Waals surface area contributed by atoms with Crippen molar-refractivity contribution in [2.24, 2.45) is 63.5 Å². The monoisotopic (exact) mass is 691 g/mol. The van der Waals surface area contributed by atoms with Crippen molar-refractivity contribution in [3.8, 4) is 0 Å². The van der Waals surface area contributed by atoms with Crippen molar-refractivity contribution >= 4 is 5.91 Å². The summed E-state index contributed by atoms with van der Waals surface area (Å²) < 4.78 is 20.3. The molecule has 11 atom stereocenters. The summed E-state index contributed by atoms with van der Waals surface area (Å²) in [6.07, 6.45) is 20.8.